The first-order valence-electron chi connectivity index (χ1n) is 2.11. The third-order valence-corrected chi connectivity index (χ3v) is 0.844. The van der Waals surface area contributed by atoms with Crippen LogP contribution in [0.25, 0.3) is 0 Å². The summed E-state index contributed by atoms with van der Waals surface area (Å²) in [5.41, 5.74) is 4.88. The molecule has 0 aromatic carbocycles. The van der Waals surface area contributed by atoms with Crippen molar-refractivity contribution in [2.24, 2.45) is 5.73 Å². The molecule has 9 heavy (non-hydrogen) atoms. The summed E-state index contributed by atoms with van der Waals surface area (Å²) in [6, 6.07) is 0. The number of hydrogen-bond donors (Lipinski definition) is 3. The zero-order valence-electron chi connectivity index (χ0n) is 4.61. The van der Waals surface area contributed by atoms with Crippen molar-refractivity contribution in [3.05, 3.63) is 0 Å². The average Bonchev–Trinajstić information content (AvgIpc) is 1.63. The fourth-order valence-corrected chi connectivity index (χ4v) is 0.477. The highest BCUT2D eigenvalue weighted by molar-refractivity contribution is 9.07. The summed E-state index contributed by atoms with van der Waals surface area (Å²) >= 11 is 2.64. The maximum absolute atomic E-state index is 8.49. The molecule has 0 saturated carbocycles. The summed E-state index contributed by atoms with van der Waals surface area (Å²) < 4.78 is 0.614. The smallest absolute Gasteiger partial charge is 0.189 e. The molecule has 0 saturated heterocycles. The summed E-state index contributed by atoms with van der Waals surface area (Å²) in [6.07, 6.45) is -1.27. The van der Waals surface area contributed by atoms with Crippen LogP contribution in [0.5, 0.6) is 0 Å². The van der Waals surface area contributed by atoms with Gasteiger partial charge in [0.25, 0.3) is 0 Å². The Hall–Kier alpha value is 0.345. The van der Waals surface area contributed by atoms with E-state index in [2.05, 4.69) is 16.1 Å². The molecule has 0 amide bonds. The first-order chi connectivity index (χ1) is 4.04. The molecule has 5 nitrogen and oxygen atoms in total. The van der Waals surface area contributed by atoms with E-state index < -0.39 is 6.35 Å². The molecule has 0 aliphatic carbocycles. The van der Waals surface area contributed by atoms with Crippen LogP contribution in [0.15, 0.2) is 0 Å². The Morgan fingerprint density at radius 2 is 2.22 bits per heavy atom. The number of nitrogens with zero attached hydrogens (tertiary/aromatic N) is 2. The Labute approximate surface area is 62.8 Å². The number of hydrogen-bond acceptors (Lipinski definition) is 5. The van der Waals surface area contributed by atoms with E-state index in [1.807, 2.05) is 0 Å². The Balaban J connectivity index is 3.38. The normalized spacial score (nSPS) is 14.9. The van der Waals surface area contributed by atoms with E-state index in [4.69, 9.17) is 24.0 Å². The van der Waals surface area contributed by atoms with Gasteiger partial charge in [0.15, 0.2) is 14.3 Å². The lowest BCUT2D eigenvalue weighted by atomic mass is 10.3. The van der Waals surface area contributed by atoms with Crippen molar-refractivity contribution < 1.29 is 10.3 Å². The minimum absolute atomic E-state index is 0.0856. The summed E-state index contributed by atoms with van der Waals surface area (Å²) in [6.45, 7) is -0.0856. The van der Waals surface area contributed by atoms with Gasteiger partial charge in [-0.3, -0.25) is 5.73 Å². The van der Waals surface area contributed by atoms with E-state index >= 15 is 0 Å². The van der Waals surface area contributed by atoms with Crippen molar-refractivity contribution in [3.8, 4) is 0 Å². The van der Waals surface area contributed by atoms with Gasteiger partial charge in [-0.15, -0.1) is 4.09 Å². The summed E-state index contributed by atoms with van der Waals surface area (Å²) in [7, 11) is 5.04. The quantitative estimate of drug-likeness (QED) is 0.223. The molecule has 0 spiro atoms. The molecule has 0 aliphatic heterocycles. The second-order valence-electron chi connectivity index (χ2n) is 1.41. The molecular formula is C2H7BBrN3O2. The van der Waals surface area contributed by atoms with Crippen LogP contribution in [0.1, 0.15) is 0 Å². The topological polar surface area (TPSA) is 73.0 Å². The highest BCUT2D eigenvalue weighted by atomic mass is 79.9. The van der Waals surface area contributed by atoms with E-state index in [-0.39, 0.29) is 6.67 Å². The maximum Gasteiger partial charge on any atom is 0.189 e. The standard InChI is InChI=1S/C2H7BBrN3O2/c3-6(2(5)8)1-7(4)9/h2,8-9H,1,5H2. The molecule has 0 aromatic rings. The summed E-state index contributed by atoms with van der Waals surface area (Å²) in [5, 5.41) is 16.9. The Morgan fingerprint density at radius 3 is 2.33 bits per heavy atom. The predicted molar refractivity (Wildman–Crippen MR) is 35.2 cm³/mol. The molecule has 1 atom stereocenters. The minimum Gasteiger partial charge on any atom is -0.366 e. The van der Waals surface area contributed by atoms with Crippen LogP contribution < -0.4 is 5.73 Å². The minimum atomic E-state index is -1.27. The van der Waals surface area contributed by atoms with E-state index in [1.54, 1.807) is 0 Å². The number of halogens is 1. The molecule has 2 radical (unpaired) electrons. The van der Waals surface area contributed by atoms with E-state index in [0.717, 1.165) is 4.81 Å². The third kappa shape index (κ3) is 4.82. The number of rotatable bonds is 3. The second-order valence-corrected chi connectivity index (χ2v) is 2.22. The Bertz CT molecular complexity index is 82.2. The van der Waals surface area contributed by atoms with Crippen molar-refractivity contribution in [1.82, 2.24) is 8.90 Å². The SMILES string of the molecule is [B]N(CN(O)Br)C(N)O. The third-order valence-electron chi connectivity index (χ3n) is 0.620. The molecule has 1 unspecified atom stereocenters. The van der Waals surface area contributed by atoms with Crippen molar-refractivity contribution >= 4 is 24.1 Å². The van der Waals surface area contributed by atoms with Crippen LogP contribution in [0.4, 0.5) is 0 Å². The molecule has 0 rings (SSSR count). The van der Waals surface area contributed by atoms with Crippen molar-refractivity contribution in [2.75, 3.05) is 6.67 Å². The molecule has 0 heterocycles. The van der Waals surface area contributed by atoms with Gasteiger partial charge in [-0.25, -0.2) is 0 Å². The van der Waals surface area contributed by atoms with E-state index in [1.165, 1.54) is 0 Å². The van der Waals surface area contributed by atoms with Gasteiger partial charge in [0, 0.05) is 16.1 Å². The van der Waals surface area contributed by atoms with E-state index in [0.29, 0.717) is 4.09 Å². The van der Waals surface area contributed by atoms with Crippen LogP contribution >= 0.6 is 16.1 Å². The van der Waals surface area contributed by atoms with Crippen molar-refractivity contribution in [3.63, 3.8) is 0 Å². The van der Waals surface area contributed by atoms with Crippen LogP contribution in [-0.4, -0.2) is 40.2 Å². The van der Waals surface area contributed by atoms with Gasteiger partial charge in [0.2, 0.25) is 0 Å². The lowest BCUT2D eigenvalue weighted by molar-refractivity contribution is -0.0405. The van der Waals surface area contributed by atoms with Gasteiger partial charge in [0.05, 0.1) is 6.67 Å². The first-order valence-corrected chi connectivity index (χ1v) is 2.82. The Kier molecular flexibility index (Phi) is 4.37. The van der Waals surface area contributed by atoms with Crippen LogP contribution in [-0.2, 0) is 0 Å². The average molecular weight is 196 g/mol. The predicted octanol–water partition coefficient (Wildman–Crippen LogP) is -1.43. The fourth-order valence-electron chi connectivity index (χ4n) is 0.218. The molecular weight excluding hydrogens is 189 g/mol. The van der Waals surface area contributed by atoms with Gasteiger partial charge in [-0.1, -0.05) is 0 Å². The lowest BCUT2D eigenvalue weighted by Crippen LogP contribution is -2.43. The zero-order valence-corrected chi connectivity index (χ0v) is 6.19. The second kappa shape index (κ2) is 4.21. The molecule has 0 bridgehead atoms. The lowest BCUT2D eigenvalue weighted by Gasteiger charge is -2.21. The number of aliphatic hydroxyl groups is 1. The van der Waals surface area contributed by atoms with Gasteiger partial charge in [-0.2, -0.15) is 0 Å². The molecule has 0 aromatic heterocycles. The maximum atomic E-state index is 8.49. The largest absolute Gasteiger partial charge is 0.366 e. The van der Waals surface area contributed by atoms with Crippen molar-refractivity contribution in [2.45, 2.75) is 6.35 Å². The number of nitrogens with two attached hydrogens (primary N) is 1. The van der Waals surface area contributed by atoms with E-state index in [9.17, 15) is 0 Å². The zero-order chi connectivity index (χ0) is 7.44. The molecule has 4 N–H and O–H groups in total. The van der Waals surface area contributed by atoms with Crippen LogP contribution in [0.3, 0.4) is 0 Å². The molecule has 7 heteroatoms. The molecule has 52 valence electrons. The van der Waals surface area contributed by atoms with Crippen molar-refractivity contribution in [1.29, 1.82) is 0 Å². The summed E-state index contributed by atoms with van der Waals surface area (Å²) in [4.78, 5) is 0.828. The summed E-state index contributed by atoms with van der Waals surface area (Å²) in [5.74, 6) is 0. The number of aliphatic hydroxyl groups excluding tert-OH is 1. The highest BCUT2D eigenvalue weighted by Gasteiger charge is 2.05. The Morgan fingerprint density at radius 1 is 1.78 bits per heavy atom. The van der Waals surface area contributed by atoms with Gasteiger partial charge < -0.3 is 15.1 Å². The fraction of sp³-hybridized carbons (Fsp3) is 1.00. The highest BCUT2D eigenvalue weighted by Crippen LogP contribution is 1.92. The van der Waals surface area contributed by atoms with Gasteiger partial charge in [-0.05, 0) is 0 Å². The number of hydroxylamine groups is 1. The van der Waals surface area contributed by atoms with Crippen LogP contribution in [0.2, 0.25) is 0 Å². The molecule has 0 aliphatic rings. The van der Waals surface area contributed by atoms with Crippen LogP contribution in [0, 0.1) is 0 Å². The molecule has 0 fully saturated rings. The first kappa shape index (κ1) is 9.34. The van der Waals surface area contributed by atoms with Gasteiger partial charge in [0.1, 0.15) is 0 Å². The van der Waals surface area contributed by atoms with Gasteiger partial charge >= 0.3 is 0 Å². The monoisotopic (exact) mass is 195 g/mol.